The maximum Gasteiger partial charge on any atom is 0.257 e. The average Bonchev–Trinajstić information content (AvgIpc) is 2.65. The summed E-state index contributed by atoms with van der Waals surface area (Å²) in [6.45, 7) is 2.98. The van der Waals surface area contributed by atoms with Crippen LogP contribution in [0.1, 0.15) is 29.3 Å². The molecule has 2 aromatic carbocycles. The quantitative estimate of drug-likeness (QED) is 0.675. The molecule has 0 aromatic heterocycles. The van der Waals surface area contributed by atoms with Crippen LogP contribution >= 0.6 is 0 Å². The summed E-state index contributed by atoms with van der Waals surface area (Å²) in [4.78, 5) is 23.0. The second-order valence-electron chi connectivity index (χ2n) is 5.54. The van der Waals surface area contributed by atoms with Crippen molar-refractivity contribution in [3.63, 3.8) is 0 Å². The summed E-state index contributed by atoms with van der Waals surface area (Å²) in [7, 11) is 0. The Morgan fingerprint density at radius 3 is 2.64 bits per heavy atom. The molecule has 0 radical (unpaired) electrons. The Morgan fingerprint density at radius 1 is 1.12 bits per heavy atom. The Bertz CT molecular complexity index is 685. The van der Waals surface area contributed by atoms with E-state index in [0.29, 0.717) is 36.5 Å². The van der Waals surface area contributed by atoms with Crippen LogP contribution in [0.3, 0.4) is 0 Å². The normalized spacial score (nSPS) is 10.1. The van der Waals surface area contributed by atoms with Gasteiger partial charge < -0.3 is 14.8 Å². The molecule has 5 nitrogen and oxygen atoms in total. The Balaban J connectivity index is 1.82. The van der Waals surface area contributed by atoms with Crippen molar-refractivity contribution < 1.29 is 19.1 Å². The lowest BCUT2D eigenvalue weighted by Gasteiger charge is -2.11. The largest absolute Gasteiger partial charge is 0.493 e. The van der Waals surface area contributed by atoms with Crippen LogP contribution in [-0.2, 0) is 11.2 Å². The van der Waals surface area contributed by atoms with Gasteiger partial charge in [-0.15, -0.1) is 0 Å². The van der Waals surface area contributed by atoms with Gasteiger partial charge in [0, 0.05) is 12.6 Å². The number of hydrogen-bond acceptors (Lipinski definition) is 4. The molecule has 5 heteroatoms. The van der Waals surface area contributed by atoms with E-state index < -0.39 is 0 Å². The maximum absolute atomic E-state index is 11.9. The fourth-order valence-corrected chi connectivity index (χ4v) is 2.23. The third-order valence-electron chi connectivity index (χ3n) is 3.52. The molecule has 0 spiro atoms. The van der Waals surface area contributed by atoms with Gasteiger partial charge in [0.05, 0.1) is 12.2 Å². The Morgan fingerprint density at radius 2 is 1.92 bits per heavy atom. The lowest BCUT2D eigenvalue weighted by Crippen LogP contribution is -2.30. The van der Waals surface area contributed by atoms with E-state index in [0.717, 1.165) is 18.4 Å². The van der Waals surface area contributed by atoms with Crippen molar-refractivity contribution in [3.05, 3.63) is 59.7 Å². The number of hydrogen-bond donors (Lipinski definition) is 1. The highest BCUT2D eigenvalue weighted by atomic mass is 16.5. The van der Waals surface area contributed by atoms with E-state index in [9.17, 15) is 9.59 Å². The van der Waals surface area contributed by atoms with Gasteiger partial charge in [-0.2, -0.15) is 0 Å². The van der Waals surface area contributed by atoms with Gasteiger partial charge >= 0.3 is 0 Å². The van der Waals surface area contributed by atoms with Gasteiger partial charge in [-0.25, -0.2) is 0 Å². The summed E-state index contributed by atoms with van der Waals surface area (Å²) in [6.07, 6.45) is 2.34. The molecule has 25 heavy (non-hydrogen) atoms. The fourth-order valence-electron chi connectivity index (χ4n) is 2.23. The molecule has 1 N–H and O–H groups in total. The average molecular weight is 341 g/mol. The van der Waals surface area contributed by atoms with E-state index in [1.165, 1.54) is 0 Å². The minimum atomic E-state index is -0.229. The van der Waals surface area contributed by atoms with Crippen LogP contribution in [-0.4, -0.2) is 32.0 Å². The van der Waals surface area contributed by atoms with Gasteiger partial charge in [-0.05, 0) is 30.5 Å². The summed E-state index contributed by atoms with van der Waals surface area (Å²) < 4.78 is 11.0. The van der Waals surface area contributed by atoms with Crippen molar-refractivity contribution >= 4 is 12.2 Å². The highest BCUT2D eigenvalue weighted by Gasteiger charge is 2.08. The smallest absolute Gasteiger partial charge is 0.257 e. The van der Waals surface area contributed by atoms with Crippen LogP contribution in [0.4, 0.5) is 0 Å². The minimum Gasteiger partial charge on any atom is -0.493 e. The zero-order valence-electron chi connectivity index (χ0n) is 14.4. The molecule has 0 atom stereocenters. The number of nitrogens with one attached hydrogen (secondary N) is 1. The molecule has 2 rings (SSSR count). The Kier molecular flexibility index (Phi) is 7.50. The van der Waals surface area contributed by atoms with Crippen LogP contribution in [0, 0.1) is 0 Å². The van der Waals surface area contributed by atoms with Crippen LogP contribution in [0.2, 0.25) is 0 Å². The first-order valence-corrected chi connectivity index (χ1v) is 8.38. The Hall–Kier alpha value is -2.82. The zero-order chi connectivity index (χ0) is 17.9. The molecule has 132 valence electrons. The molecule has 0 saturated carbocycles. The zero-order valence-corrected chi connectivity index (χ0v) is 14.4. The molecule has 0 heterocycles. The van der Waals surface area contributed by atoms with E-state index in [4.69, 9.17) is 9.47 Å². The second-order valence-corrected chi connectivity index (χ2v) is 5.54. The van der Waals surface area contributed by atoms with Gasteiger partial charge in [0.1, 0.15) is 11.5 Å². The van der Waals surface area contributed by atoms with Crippen molar-refractivity contribution in [2.75, 3.05) is 19.8 Å². The number of carbonyl (C=O) groups excluding carboxylic acids is 2. The number of aldehydes is 1. The number of rotatable bonds is 10. The van der Waals surface area contributed by atoms with Gasteiger partial charge in [0.2, 0.25) is 0 Å². The summed E-state index contributed by atoms with van der Waals surface area (Å²) in [5.74, 6) is 0.737. The standard InChI is InChI=1S/C20H23NO4/c1-2-12-24-18-9-8-17(14-22)19(13-18)25-15-20(23)21-11-10-16-6-4-3-5-7-16/h3-9,13-14H,2,10-12,15H2,1H3,(H,21,23). The van der Waals surface area contributed by atoms with Crippen LogP contribution in [0.15, 0.2) is 48.5 Å². The molecule has 0 aliphatic rings. The summed E-state index contributed by atoms with van der Waals surface area (Å²) in [5.41, 5.74) is 1.55. The first-order chi connectivity index (χ1) is 12.2. The van der Waals surface area contributed by atoms with Crippen LogP contribution in [0.5, 0.6) is 11.5 Å². The fraction of sp³-hybridized carbons (Fsp3) is 0.300. The molecule has 1 amide bonds. The lowest BCUT2D eigenvalue weighted by atomic mass is 10.1. The molecular formula is C20H23NO4. The second kappa shape index (κ2) is 10.1. The monoisotopic (exact) mass is 341 g/mol. The van der Waals surface area contributed by atoms with E-state index in [2.05, 4.69) is 5.32 Å². The van der Waals surface area contributed by atoms with Crippen LogP contribution in [0.25, 0.3) is 0 Å². The first kappa shape index (κ1) is 18.5. The number of carbonyl (C=O) groups is 2. The topological polar surface area (TPSA) is 64.6 Å². The third kappa shape index (κ3) is 6.30. The molecule has 0 aliphatic carbocycles. The lowest BCUT2D eigenvalue weighted by molar-refractivity contribution is -0.123. The first-order valence-electron chi connectivity index (χ1n) is 8.38. The molecule has 0 unspecified atom stereocenters. The SMILES string of the molecule is CCCOc1ccc(C=O)c(OCC(=O)NCCc2ccccc2)c1. The number of amides is 1. The summed E-state index contributed by atoms with van der Waals surface area (Å²) in [6, 6.07) is 14.9. The molecule has 0 fully saturated rings. The highest BCUT2D eigenvalue weighted by Crippen LogP contribution is 2.24. The van der Waals surface area contributed by atoms with Crippen molar-refractivity contribution in [1.82, 2.24) is 5.32 Å². The highest BCUT2D eigenvalue weighted by molar-refractivity contribution is 5.81. The summed E-state index contributed by atoms with van der Waals surface area (Å²) >= 11 is 0. The van der Waals surface area contributed by atoms with Gasteiger partial charge in [0.15, 0.2) is 12.9 Å². The van der Waals surface area contributed by atoms with E-state index in [1.807, 2.05) is 37.3 Å². The van der Waals surface area contributed by atoms with Crippen molar-refractivity contribution in [2.24, 2.45) is 0 Å². The van der Waals surface area contributed by atoms with Crippen molar-refractivity contribution in [2.45, 2.75) is 19.8 Å². The van der Waals surface area contributed by atoms with Crippen molar-refractivity contribution in [3.8, 4) is 11.5 Å². The maximum atomic E-state index is 11.9. The number of ether oxygens (including phenoxy) is 2. The third-order valence-corrected chi connectivity index (χ3v) is 3.52. The van der Waals surface area contributed by atoms with E-state index >= 15 is 0 Å². The molecule has 0 saturated heterocycles. The molecular weight excluding hydrogens is 318 g/mol. The van der Waals surface area contributed by atoms with Crippen LogP contribution < -0.4 is 14.8 Å². The predicted octanol–water partition coefficient (Wildman–Crippen LogP) is 3.03. The van der Waals surface area contributed by atoms with E-state index in [-0.39, 0.29) is 12.5 Å². The van der Waals surface area contributed by atoms with Gasteiger partial charge in [0.25, 0.3) is 5.91 Å². The number of benzene rings is 2. The molecule has 0 aliphatic heterocycles. The minimum absolute atomic E-state index is 0.146. The molecule has 0 bridgehead atoms. The Labute approximate surface area is 148 Å². The summed E-state index contributed by atoms with van der Waals surface area (Å²) in [5, 5.41) is 2.80. The van der Waals surface area contributed by atoms with Crippen molar-refractivity contribution in [1.29, 1.82) is 0 Å². The van der Waals surface area contributed by atoms with E-state index in [1.54, 1.807) is 18.2 Å². The van der Waals surface area contributed by atoms with Gasteiger partial charge in [-0.3, -0.25) is 9.59 Å². The predicted molar refractivity (Wildman–Crippen MR) is 96.3 cm³/mol. The van der Waals surface area contributed by atoms with Gasteiger partial charge in [-0.1, -0.05) is 37.3 Å². The molecule has 2 aromatic rings.